The van der Waals surface area contributed by atoms with Crippen LogP contribution in [-0.2, 0) is 15.8 Å². The molecule has 0 atom stereocenters. The molecule has 0 radical (unpaired) electrons. The van der Waals surface area contributed by atoms with Gasteiger partial charge in [0.05, 0.1) is 4.90 Å². The van der Waals surface area contributed by atoms with Gasteiger partial charge < -0.3 is 0 Å². The Bertz CT molecular complexity index is 764. The summed E-state index contributed by atoms with van der Waals surface area (Å²) in [6.07, 6.45) is 0. The summed E-state index contributed by atoms with van der Waals surface area (Å²) in [6, 6.07) is 11.3. The minimum atomic E-state index is -3.60. The van der Waals surface area contributed by atoms with Gasteiger partial charge in [0.1, 0.15) is 5.82 Å². The number of nitrogens with one attached hydrogen (secondary N) is 1. The first-order valence-corrected chi connectivity index (χ1v) is 9.98. The van der Waals surface area contributed by atoms with Gasteiger partial charge in [-0.3, -0.25) is 0 Å². The monoisotopic (exact) mass is 373 g/mol. The molecule has 2 aromatic carbocycles. The molecule has 7 heteroatoms. The fourth-order valence-corrected chi connectivity index (χ4v) is 4.08. The molecule has 0 heterocycles. The fraction of sp³-hybridized carbons (Fsp3) is 0.250. The van der Waals surface area contributed by atoms with Crippen molar-refractivity contribution in [2.24, 2.45) is 0 Å². The highest BCUT2D eigenvalue weighted by atomic mass is 35.5. The first-order valence-electron chi connectivity index (χ1n) is 6.96. The van der Waals surface area contributed by atoms with Crippen molar-refractivity contribution >= 4 is 33.4 Å². The van der Waals surface area contributed by atoms with Crippen LogP contribution in [0.4, 0.5) is 4.39 Å². The third kappa shape index (κ3) is 5.49. The predicted molar refractivity (Wildman–Crippen MR) is 93.9 cm³/mol. The van der Waals surface area contributed by atoms with Crippen LogP contribution in [0.5, 0.6) is 0 Å². The molecule has 0 spiro atoms. The van der Waals surface area contributed by atoms with Crippen molar-refractivity contribution < 1.29 is 12.8 Å². The zero-order chi connectivity index (χ0) is 16.9. The van der Waals surface area contributed by atoms with Gasteiger partial charge in [-0.15, -0.1) is 0 Å². The van der Waals surface area contributed by atoms with Crippen molar-refractivity contribution in [2.75, 3.05) is 12.3 Å². The van der Waals surface area contributed by atoms with E-state index in [0.29, 0.717) is 22.9 Å². The first-order chi connectivity index (χ1) is 10.9. The summed E-state index contributed by atoms with van der Waals surface area (Å²) >= 11 is 7.44. The van der Waals surface area contributed by atoms with E-state index in [9.17, 15) is 12.8 Å². The highest BCUT2D eigenvalue weighted by Crippen LogP contribution is 2.16. The zero-order valence-electron chi connectivity index (χ0n) is 12.6. The highest BCUT2D eigenvalue weighted by molar-refractivity contribution is 7.98. The van der Waals surface area contributed by atoms with E-state index < -0.39 is 15.8 Å². The summed E-state index contributed by atoms with van der Waals surface area (Å²) in [6.45, 7) is 1.85. The second-order valence-electron chi connectivity index (χ2n) is 4.99. The molecule has 3 nitrogen and oxygen atoms in total. The average Bonchev–Trinajstić information content (AvgIpc) is 2.51. The lowest BCUT2D eigenvalue weighted by molar-refractivity contribution is 0.582. The van der Waals surface area contributed by atoms with Crippen LogP contribution in [0.25, 0.3) is 0 Å². The van der Waals surface area contributed by atoms with E-state index in [1.54, 1.807) is 11.8 Å². The summed E-state index contributed by atoms with van der Waals surface area (Å²) in [5.41, 5.74) is 1.45. The molecule has 23 heavy (non-hydrogen) atoms. The Hall–Kier alpha value is -1.08. The Kier molecular flexibility index (Phi) is 6.47. The van der Waals surface area contributed by atoms with Crippen molar-refractivity contribution in [1.29, 1.82) is 0 Å². The third-order valence-electron chi connectivity index (χ3n) is 3.16. The molecule has 0 bridgehead atoms. The molecule has 0 fully saturated rings. The molecule has 0 amide bonds. The van der Waals surface area contributed by atoms with Crippen LogP contribution in [-0.4, -0.2) is 20.7 Å². The number of sulfonamides is 1. The number of aryl methyl sites for hydroxylation is 1. The Morgan fingerprint density at radius 1 is 1.17 bits per heavy atom. The molecule has 124 valence electrons. The number of halogens is 2. The van der Waals surface area contributed by atoms with E-state index in [-0.39, 0.29) is 4.90 Å². The molecule has 2 rings (SSSR count). The highest BCUT2D eigenvalue weighted by Gasteiger charge is 2.14. The smallest absolute Gasteiger partial charge is 0.210 e. The Balaban J connectivity index is 1.80. The lowest BCUT2D eigenvalue weighted by atomic mass is 10.2. The second-order valence-corrected chi connectivity index (χ2v) is 8.30. The minimum Gasteiger partial charge on any atom is -0.210 e. The van der Waals surface area contributed by atoms with Crippen LogP contribution in [0.2, 0.25) is 5.02 Å². The van der Waals surface area contributed by atoms with Gasteiger partial charge in [0.2, 0.25) is 10.0 Å². The third-order valence-corrected chi connectivity index (χ3v) is 5.90. The first kappa shape index (κ1) is 18.3. The van der Waals surface area contributed by atoms with Gasteiger partial charge in [-0.2, -0.15) is 11.8 Å². The van der Waals surface area contributed by atoms with E-state index in [0.717, 1.165) is 11.3 Å². The quantitative estimate of drug-likeness (QED) is 0.746. The van der Waals surface area contributed by atoms with Crippen LogP contribution in [0.15, 0.2) is 47.4 Å². The molecule has 0 aromatic heterocycles. The largest absolute Gasteiger partial charge is 0.240 e. The lowest BCUT2D eigenvalue weighted by Crippen LogP contribution is -2.26. The number of hydrogen-bond donors (Lipinski definition) is 1. The van der Waals surface area contributed by atoms with Gasteiger partial charge in [0, 0.05) is 23.1 Å². The molecule has 0 saturated heterocycles. The molecule has 0 saturated carbocycles. The standard InChI is InChI=1S/C16H17ClFNO2S2/c1-12-10-15(6-7-16(12)18)23(20,21)19-8-9-22-11-13-2-4-14(17)5-3-13/h2-7,10,19H,8-9,11H2,1H3. The van der Waals surface area contributed by atoms with Gasteiger partial charge in [0.25, 0.3) is 0 Å². The molecular formula is C16H17ClFNO2S2. The lowest BCUT2D eigenvalue weighted by Gasteiger charge is -2.08. The van der Waals surface area contributed by atoms with E-state index >= 15 is 0 Å². The van der Waals surface area contributed by atoms with Crippen molar-refractivity contribution in [3.05, 3.63) is 64.4 Å². The van der Waals surface area contributed by atoms with Gasteiger partial charge in [-0.1, -0.05) is 23.7 Å². The normalized spacial score (nSPS) is 11.6. The zero-order valence-corrected chi connectivity index (χ0v) is 14.9. The van der Waals surface area contributed by atoms with Crippen LogP contribution in [0.3, 0.4) is 0 Å². The number of rotatable bonds is 7. The van der Waals surface area contributed by atoms with Crippen LogP contribution >= 0.6 is 23.4 Å². The Morgan fingerprint density at radius 2 is 1.87 bits per heavy atom. The van der Waals surface area contributed by atoms with E-state index in [1.165, 1.54) is 25.1 Å². The van der Waals surface area contributed by atoms with Crippen molar-refractivity contribution in [3.63, 3.8) is 0 Å². The van der Waals surface area contributed by atoms with Crippen LogP contribution < -0.4 is 4.72 Å². The van der Waals surface area contributed by atoms with E-state index in [2.05, 4.69) is 4.72 Å². The second kappa shape index (κ2) is 8.15. The number of thioether (sulfide) groups is 1. The minimum absolute atomic E-state index is 0.0825. The molecule has 1 N–H and O–H groups in total. The van der Waals surface area contributed by atoms with Crippen molar-refractivity contribution in [1.82, 2.24) is 4.72 Å². The van der Waals surface area contributed by atoms with Gasteiger partial charge in [0.15, 0.2) is 0 Å². The molecule has 0 aliphatic carbocycles. The SMILES string of the molecule is Cc1cc(S(=O)(=O)NCCSCc2ccc(Cl)cc2)ccc1F. The molecular weight excluding hydrogens is 357 g/mol. The molecule has 0 aliphatic rings. The summed E-state index contributed by atoms with van der Waals surface area (Å²) in [7, 11) is -3.60. The van der Waals surface area contributed by atoms with Crippen LogP contribution in [0, 0.1) is 12.7 Å². The maximum Gasteiger partial charge on any atom is 0.240 e. The molecule has 0 aliphatic heterocycles. The summed E-state index contributed by atoms with van der Waals surface area (Å²) < 4.78 is 39.9. The molecule has 2 aromatic rings. The number of benzene rings is 2. The average molecular weight is 374 g/mol. The van der Waals surface area contributed by atoms with Crippen molar-refractivity contribution in [2.45, 2.75) is 17.6 Å². The van der Waals surface area contributed by atoms with Gasteiger partial charge in [-0.05, 0) is 48.4 Å². The summed E-state index contributed by atoms with van der Waals surface area (Å²) in [5, 5.41) is 0.695. The fourth-order valence-electron chi connectivity index (χ4n) is 1.89. The summed E-state index contributed by atoms with van der Waals surface area (Å²) in [4.78, 5) is 0.0825. The Labute approximate surface area is 145 Å². The van der Waals surface area contributed by atoms with Crippen molar-refractivity contribution in [3.8, 4) is 0 Å². The number of hydrogen-bond acceptors (Lipinski definition) is 3. The molecule has 0 unspecified atom stereocenters. The van der Waals surface area contributed by atoms with Gasteiger partial charge >= 0.3 is 0 Å². The Morgan fingerprint density at radius 3 is 2.52 bits per heavy atom. The van der Waals surface area contributed by atoms with E-state index in [4.69, 9.17) is 11.6 Å². The predicted octanol–water partition coefficient (Wildman–Crippen LogP) is 4.00. The van der Waals surface area contributed by atoms with E-state index in [1.807, 2.05) is 24.3 Å². The topological polar surface area (TPSA) is 46.2 Å². The maximum absolute atomic E-state index is 13.2. The maximum atomic E-state index is 13.2. The summed E-state index contributed by atoms with van der Waals surface area (Å²) in [5.74, 6) is 1.01. The van der Waals surface area contributed by atoms with Crippen LogP contribution in [0.1, 0.15) is 11.1 Å². The van der Waals surface area contributed by atoms with Gasteiger partial charge in [-0.25, -0.2) is 17.5 Å².